The minimum atomic E-state index is -0.0160. The molecule has 0 aliphatic heterocycles. The molecule has 0 saturated carbocycles. The van der Waals surface area contributed by atoms with E-state index in [1.165, 1.54) is 0 Å². The molecule has 0 bridgehead atoms. The summed E-state index contributed by atoms with van der Waals surface area (Å²) in [6.07, 6.45) is 2.96. The van der Waals surface area contributed by atoms with E-state index in [9.17, 15) is 0 Å². The van der Waals surface area contributed by atoms with E-state index < -0.39 is 0 Å². The molecule has 15 heavy (non-hydrogen) atoms. The second kappa shape index (κ2) is 6.32. The number of hydrogen-bond acceptors (Lipinski definition) is 1. The highest BCUT2D eigenvalue weighted by Crippen LogP contribution is 2.31. The highest BCUT2D eigenvalue weighted by Gasteiger charge is 2.31. The first-order chi connectivity index (χ1) is 6.83. The van der Waals surface area contributed by atoms with Crippen molar-refractivity contribution in [3.05, 3.63) is 12.7 Å². The molecule has 0 fully saturated rings. The summed E-state index contributed by atoms with van der Waals surface area (Å²) < 4.78 is 5.94. The fourth-order valence-electron chi connectivity index (χ4n) is 1.59. The Kier molecular flexibility index (Phi) is 6.19. The van der Waals surface area contributed by atoms with Crippen molar-refractivity contribution in [3.8, 4) is 0 Å². The summed E-state index contributed by atoms with van der Waals surface area (Å²) in [5, 5.41) is 0. The molecular weight excluding hydrogens is 184 g/mol. The molecule has 0 saturated heterocycles. The van der Waals surface area contributed by atoms with E-state index >= 15 is 0 Å². The topological polar surface area (TPSA) is 9.23 Å². The summed E-state index contributed by atoms with van der Waals surface area (Å²) in [7, 11) is 0. The van der Waals surface area contributed by atoms with E-state index in [1.807, 2.05) is 6.08 Å². The molecule has 0 aromatic carbocycles. The molecule has 0 amide bonds. The van der Waals surface area contributed by atoms with Crippen LogP contribution in [-0.2, 0) is 4.74 Å². The summed E-state index contributed by atoms with van der Waals surface area (Å²) in [4.78, 5) is 0. The van der Waals surface area contributed by atoms with Crippen LogP contribution in [0.2, 0.25) is 0 Å². The highest BCUT2D eigenvalue weighted by molar-refractivity contribution is 4.83. The largest absolute Gasteiger partial charge is 0.371 e. The van der Waals surface area contributed by atoms with E-state index in [1.54, 1.807) is 0 Å². The van der Waals surface area contributed by atoms with Gasteiger partial charge in [0.2, 0.25) is 0 Å². The molecule has 0 heterocycles. The van der Waals surface area contributed by atoms with E-state index in [2.05, 4.69) is 48.1 Å². The zero-order chi connectivity index (χ0) is 12.1. The molecule has 2 atom stereocenters. The number of hydrogen-bond donors (Lipinski definition) is 0. The smallest absolute Gasteiger partial charge is 0.0684 e. The van der Waals surface area contributed by atoms with Crippen LogP contribution in [0.3, 0.4) is 0 Å². The average Bonchev–Trinajstić information content (AvgIpc) is 2.14. The van der Waals surface area contributed by atoms with E-state index in [0.29, 0.717) is 18.4 Å². The Hall–Kier alpha value is -0.300. The second-order valence-corrected chi connectivity index (χ2v) is 5.49. The summed E-state index contributed by atoms with van der Waals surface area (Å²) in [5.74, 6) is 1.95. The zero-order valence-corrected chi connectivity index (χ0v) is 11.3. The van der Waals surface area contributed by atoms with Gasteiger partial charge in [0.15, 0.2) is 0 Å². The van der Waals surface area contributed by atoms with Crippen molar-refractivity contribution in [3.63, 3.8) is 0 Å². The SMILES string of the molecule is C=CCO[C@@](C)(C[C@@H](C)C(C)C)C(C)C. The summed E-state index contributed by atoms with van der Waals surface area (Å²) in [6.45, 7) is 17.9. The van der Waals surface area contributed by atoms with Gasteiger partial charge < -0.3 is 4.74 Å². The van der Waals surface area contributed by atoms with Gasteiger partial charge in [0, 0.05) is 0 Å². The summed E-state index contributed by atoms with van der Waals surface area (Å²) in [5.41, 5.74) is -0.0160. The van der Waals surface area contributed by atoms with Crippen LogP contribution in [0.1, 0.15) is 48.0 Å². The van der Waals surface area contributed by atoms with Gasteiger partial charge in [-0.3, -0.25) is 0 Å². The third-order valence-corrected chi connectivity index (χ3v) is 3.62. The van der Waals surface area contributed by atoms with Gasteiger partial charge in [-0.15, -0.1) is 6.58 Å². The lowest BCUT2D eigenvalue weighted by Crippen LogP contribution is -2.37. The van der Waals surface area contributed by atoms with Crippen LogP contribution in [0, 0.1) is 17.8 Å². The molecule has 90 valence electrons. The standard InChI is InChI=1S/C14H28O/c1-8-9-15-14(7,12(4)5)10-13(6)11(2)3/h8,11-13H,1,9-10H2,2-7H3/t13-,14+/m1/s1. The first-order valence-electron chi connectivity index (χ1n) is 6.08. The van der Waals surface area contributed by atoms with Gasteiger partial charge in [-0.2, -0.15) is 0 Å². The fourth-order valence-corrected chi connectivity index (χ4v) is 1.59. The van der Waals surface area contributed by atoms with Crippen LogP contribution >= 0.6 is 0 Å². The maximum absolute atomic E-state index is 5.94. The van der Waals surface area contributed by atoms with Gasteiger partial charge in [0.1, 0.15) is 0 Å². The quantitative estimate of drug-likeness (QED) is 0.572. The molecule has 0 N–H and O–H groups in total. The van der Waals surface area contributed by atoms with E-state index in [-0.39, 0.29) is 5.60 Å². The van der Waals surface area contributed by atoms with Crippen LogP contribution in [0.5, 0.6) is 0 Å². The van der Waals surface area contributed by atoms with Crippen molar-refractivity contribution in [1.82, 2.24) is 0 Å². The Bertz CT molecular complexity index is 184. The molecule has 0 radical (unpaired) electrons. The van der Waals surface area contributed by atoms with Gasteiger partial charge in [0.25, 0.3) is 0 Å². The van der Waals surface area contributed by atoms with Gasteiger partial charge in [0.05, 0.1) is 12.2 Å². The Morgan fingerprint density at radius 2 is 1.73 bits per heavy atom. The lowest BCUT2D eigenvalue weighted by Gasteiger charge is -2.37. The minimum Gasteiger partial charge on any atom is -0.371 e. The maximum Gasteiger partial charge on any atom is 0.0684 e. The maximum atomic E-state index is 5.94. The normalized spacial score (nSPS) is 17.9. The van der Waals surface area contributed by atoms with Gasteiger partial charge >= 0.3 is 0 Å². The van der Waals surface area contributed by atoms with Crippen LogP contribution in [0.15, 0.2) is 12.7 Å². The third-order valence-electron chi connectivity index (χ3n) is 3.62. The van der Waals surface area contributed by atoms with Crippen molar-refractivity contribution >= 4 is 0 Å². The Morgan fingerprint density at radius 1 is 1.20 bits per heavy atom. The summed E-state index contributed by atoms with van der Waals surface area (Å²) in [6, 6.07) is 0. The molecule has 0 unspecified atom stereocenters. The highest BCUT2D eigenvalue weighted by atomic mass is 16.5. The first kappa shape index (κ1) is 14.7. The molecule has 0 spiro atoms. The molecule has 1 nitrogen and oxygen atoms in total. The van der Waals surface area contributed by atoms with Crippen molar-refractivity contribution in [2.45, 2.75) is 53.6 Å². The minimum absolute atomic E-state index is 0.0160. The van der Waals surface area contributed by atoms with Crippen LogP contribution in [0.25, 0.3) is 0 Å². The predicted octanol–water partition coefficient (Wildman–Crippen LogP) is 4.29. The Labute approximate surface area is 95.9 Å². The van der Waals surface area contributed by atoms with Crippen molar-refractivity contribution in [2.75, 3.05) is 6.61 Å². The van der Waals surface area contributed by atoms with Gasteiger partial charge in [-0.25, -0.2) is 0 Å². The molecule has 0 aromatic rings. The number of ether oxygens (including phenoxy) is 1. The molecular formula is C14H28O. The molecule has 1 heteroatoms. The summed E-state index contributed by atoms with van der Waals surface area (Å²) >= 11 is 0. The Morgan fingerprint density at radius 3 is 2.07 bits per heavy atom. The molecule has 0 aliphatic carbocycles. The predicted molar refractivity (Wildman–Crippen MR) is 68.0 cm³/mol. The number of rotatable bonds is 7. The van der Waals surface area contributed by atoms with Gasteiger partial charge in [-0.05, 0) is 31.1 Å². The zero-order valence-electron chi connectivity index (χ0n) is 11.3. The lowest BCUT2D eigenvalue weighted by molar-refractivity contribution is -0.0696. The lowest BCUT2D eigenvalue weighted by atomic mass is 9.80. The second-order valence-electron chi connectivity index (χ2n) is 5.49. The van der Waals surface area contributed by atoms with Crippen molar-refractivity contribution in [1.29, 1.82) is 0 Å². The Balaban J connectivity index is 4.43. The van der Waals surface area contributed by atoms with Crippen LogP contribution in [0.4, 0.5) is 0 Å². The molecule has 0 aromatic heterocycles. The van der Waals surface area contributed by atoms with Crippen LogP contribution in [-0.4, -0.2) is 12.2 Å². The van der Waals surface area contributed by atoms with E-state index in [0.717, 1.165) is 12.3 Å². The van der Waals surface area contributed by atoms with Crippen molar-refractivity contribution < 1.29 is 4.74 Å². The molecule has 0 aliphatic rings. The van der Waals surface area contributed by atoms with E-state index in [4.69, 9.17) is 4.74 Å². The van der Waals surface area contributed by atoms with Crippen LogP contribution < -0.4 is 0 Å². The van der Waals surface area contributed by atoms with Crippen molar-refractivity contribution in [2.24, 2.45) is 17.8 Å². The monoisotopic (exact) mass is 212 g/mol. The third kappa shape index (κ3) is 4.83. The average molecular weight is 212 g/mol. The fraction of sp³-hybridized carbons (Fsp3) is 0.857. The molecule has 0 rings (SSSR count). The first-order valence-corrected chi connectivity index (χ1v) is 6.08. The van der Waals surface area contributed by atoms with Gasteiger partial charge in [-0.1, -0.05) is 40.7 Å².